The summed E-state index contributed by atoms with van der Waals surface area (Å²) >= 11 is 0. The summed E-state index contributed by atoms with van der Waals surface area (Å²) in [4.78, 5) is 9.37. The molecule has 0 N–H and O–H groups in total. The monoisotopic (exact) mass is 910 g/mol. The summed E-state index contributed by atoms with van der Waals surface area (Å²) in [6.45, 7) is 13.9. The maximum Gasteiger partial charge on any atom is 0.121 e. The molecule has 55 heavy (non-hydrogen) atoms. The van der Waals surface area contributed by atoms with E-state index in [2.05, 4.69) is 149 Å². The molecule has 8 aromatic rings. The smallest absolute Gasteiger partial charge is 0.121 e. The topological polar surface area (TPSA) is 62.7 Å². The quantitative estimate of drug-likeness (QED) is 0.118. The van der Waals surface area contributed by atoms with Gasteiger partial charge in [-0.05, 0) is 63.4 Å². The van der Waals surface area contributed by atoms with Crippen LogP contribution in [0.15, 0.2) is 144 Å². The van der Waals surface area contributed by atoms with Crippen LogP contribution in [-0.4, -0.2) is 18.0 Å². The summed E-state index contributed by atoms with van der Waals surface area (Å²) in [5.74, 6) is 0.774. The Morgan fingerprint density at radius 2 is 1.36 bits per heavy atom. The molecule has 8 rings (SSSR count). The zero-order valence-electron chi connectivity index (χ0n) is 32.0. The molecule has 0 fully saturated rings. The van der Waals surface area contributed by atoms with Gasteiger partial charge in [-0.2, -0.15) is 5.26 Å². The molecule has 0 spiro atoms. The molecule has 0 aliphatic rings. The Morgan fingerprint density at radius 1 is 0.673 bits per heavy atom. The second kappa shape index (κ2) is 16.9. The predicted molar refractivity (Wildman–Crippen MR) is 225 cm³/mol. The molecule has 3 aromatic heterocycles. The Balaban J connectivity index is 0.000000186. The zero-order valence-corrected chi connectivity index (χ0v) is 35.4. The molecule has 4 nitrogen and oxygen atoms in total. The van der Waals surface area contributed by atoms with Crippen molar-refractivity contribution in [1.29, 1.82) is 5.26 Å². The number of pyridine rings is 2. The van der Waals surface area contributed by atoms with E-state index >= 15 is 0 Å². The fourth-order valence-corrected chi connectivity index (χ4v) is 8.56. The van der Waals surface area contributed by atoms with E-state index in [0.717, 1.165) is 44.5 Å². The van der Waals surface area contributed by atoms with Gasteiger partial charge >= 0.3 is 0 Å². The number of hydrogen-bond donors (Lipinski definition) is 0. The van der Waals surface area contributed by atoms with Crippen LogP contribution in [0.4, 0.5) is 0 Å². The molecule has 1 atom stereocenters. The summed E-state index contributed by atoms with van der Waals surface area (Å²) < 4.78 is 5.90. The molecule has 0 amide bonds. The fourth-order valence-electron chi connectivity index (χ4n) is 6.88. The number of hydrogen-bond acceptors (Lipinski definition) is 4. The Bertz CT molecular complexity index is 2600. The summed E-state index contributed by atoms with van der Waals surface area (Å²) in [6.07, 6.45) is 3.96. The summed E-state index contributed by atoms with van der Waals surface area (Å²) in [5, 5.41) is 12.6. The van der Waals surface area contributed by atoms with Crippen molar-refractivity contribution in [2.75, 3.05) is 0 Å². The van der Waals surface area contributed by atoms with Gasteiger partial charge in [0.05, 0.1) is 25.3 Å². The van der Waals surface area contributed by atoms with Gasteiger partial charge in [-0.1, -0.05) is 124 Å². The minimum absolute atomic E-state index is 0. The van der Waals surface area contributed by atoms with Gasteiger partial charge < -0.3 is 14.4 Å². The minimum Gasteiger partial charge on any atom is -0.500 e. The zero-order chi connectivity index (χ0) is 37.8. The van der Waals surface area contributed by atoms with Crippen LogP contribution in [0.25, 0.3) is 55.6 Å². The van der Waals surface area contributed by atoms with Crippen LogP contribution in [-0.2, 0) is 20.1 Å². The van der Waals surface area contributed by atoms with E-state index in [4.69, 9.17) is 9.40 Å². The normalized spacial score (nSPS) is 11.7. The van der Waals surface area contributed by atoms with Crippen LogP contribution < -0.4 is 5.19 Å². The molecule has 3 heterocycles. The maximum atomic E-state index is 9.22. The van der Waals surface area contributed by atoms with Gasteiger partial charge in [-0.3, -0.25) is 0 Å². The molecule has 0 bridgehead atoms. The van der Waals surface area contributed by atoms with E-state index in [1.807, 2.05) is 48.7 Å². The average molecular weight is 910 g/mol. The van der Waals surface area contributed by atoms with E-state index in [0.29, 0.717) is 11.5 Å². The fraction of sp³-hybridized carbons (Fsp3) is 0.163. The van der Waals surface area contributed by atoms with Crippen LogP contribution in [0.2, 0.25) is 19.6 Å². The average Bonchev–Trinajstić information content (AvgIpc) is 3.58. The van der Waals surface area contributed by atoms with Crippen LogP contribution in [0.5, 0.6) is 0 Å². The Morgan fingerprint density at radius 3 is 2.07 bits per heavy atom. The van der Waals surface area contributed by atoms with Gasteiger partial charge in [0.25, 0.3) is 0 Å². The summed E-state index contributed by atoms with van der Waals surface area (Å²) in [5.41, 5.74) is 12.3. The largest absolute Gasteiger partial charge is 0.500 e. The van der Waals surface area contributed by atoms with Crippen molar-refractivity contribution in [2.24, 2.45) is 0 Å². The Hall–Kier alpha value is -5.44. The van der Waals surface area contributed by atoms with E-state index in [-0.39, 0.29) is 26.0 Å². The first-order valence-corrected chi connectivity index (χ1v) is 22.0. The summed E-state index contributed by atoms with van der Waals surface area (Å²) in [7, 11) is -1.40. The third kappa shape index (κ3) is 8.77. The van der Waals surface area contributed by atoms with Gasteiger partial charge in [-0.15, -0.1) is 59.2 Å². The van der Waals surface area contributed by atoms with E-state index in [1.54, 1.807) is 6.07 Å². The number of nitrogens with zero attached hydrogens (tertiary/aromatic N) is 3. The number of rotatable bonds is 7. The molecule has 275 valence electrons. The first kappa shape index (κ1) is 39.3. The van der Waals surface area contributed by atoms with Gasteiger partial charge in [0, 0.05) is 43.8 Å². The van der Waals surface area contributed by atoms with Crippen molar-refractivity contribution in [3.8, 4) is 39.7 Å². The molecule has 0 saturated carbocycles. The second-order valence-corrected chi connectivity index (χ2v) is 20.1. The van der Waals surface area contributed by atoms with Gasteiger partial charge in [0.2, 0.25) is 0 Å². The first-order valence-electron chi connectivity index (χ1n) is 18.5. The molecule has 1 unspecified atom stereocenters. The van der Waals surface area contributed by atoms with Gasteiger partial charge in [-0.25, -0.2) is 0 Å². The Kier molecular flexibility index (Phi) is 12.1. The van der Waals surface area contributed by atoms with Crippen LogP contribution in [0.1, 0.15) is 54.9 Å². The molecule has 5 aromatic carbocycles. The second-order valence-electron chi connectivity index (χ2n) is 15.1. The summed E-state index contributed by atoms with van der Waals surface area (Å²) in [6, 6.07) is 51.9. The third-order valence-electron chi connectivity index (χ3n) is 9.94. The number of nitriles is 1. The molecule has 1 radical (unpaired) electrons. The first-order chi connectivity index (χ1) is 26.1. The number of aromatic nitrogens is 2. The van der Waals surface area contributed by atoms with E-state index in [9.17, 15) is 5.26 Å². The van der Waals surface area contributed by atoms with Gasteiger partial charge in [0.15, 0.2) is 0 Å². The SMILES string of the molecule is CC(C)c1cc(-c2[c-]ccc(-c3ccccc3)c2)ncc1[Si](C)(C)C.CC(c1ccccc1)c1ccnc(-c2[c-]cc3oc4ccc(C#N)cc4c3c2)c1.[Ir]. The standard InChI is InChI=1S/C26H17N2O.C23H26NSi.Ir/c1-17(19-5-3-2-4-6-19)20-11-12-28-24(15-20)21-8-10-26-23(14-21)22-13-18(16-27)7-9-25(22)29-26;1-17(2)21-15-22(24-16-23(21)25(3,4)5)20-13-9-12-19(14-20)18-10-7-6-8-11-18;/h2-7,9-15,17H,1H3;6-12,14-17H,1-5H3;/q2*-1;. The van der Waals surface area contributed by atoms with Crippen LogP contribution in [0, 0.1) is 23.5 Å². The van der Waals surface area contributed by atoms with E-state index < -0.39 is 8.07 Å². The maximum absolute atomic E-state index is 9.22. The molecule has 0 saturated heterocycles. The molecule has 6 heteroatoms. The third-order valence-corrected chi connectivity index (χ3v) is 12.0. The van der Waals surface area contributed by atoms with Crippen LogP contribution >= 0.6 is 0 Å². The van der Waals surface area contributed by atoms with E-state index in [1.165, 1.54) is 33.0 Å². The molecule has 0 aliphatic carbocycles. The predicted octanol–water partition coefficient (Wildman–Crippen LogP) is 12.4. The van der Waals surface area contributed by atoms with Crippen LogP contribution in [0.3, 0.4) is 0 Å². The van der Waals surface area contributed by atoms with Crippen molar-refractivity contribution >= 4 is 35.2 Å². The van der Waals surface area contributed by atoms with Crippen molar-refractivity contribution < 1.29 is 24.5 Å². The Labute approximate surface area is 339 Å². The van der Waals surface area contributed by atoms with Crippen molar-refractivity contribution in [2.45, 2.75) is 52.2 Å². The van der Waals surface area contributed by atoms with Gasteiger partial charge in [0.1, 0.15) is 5.58 Å². The molecular formula is C49H43IrN3OSi-2. The molecule has 0 aliphatic heterocycles. The number of fused-ring (bicyclic) bond motifs is 3. The number of furan rings is 1. The van der Waals surface area contributed by atoms with Crippen molar-refractivity contribution in [3.63, 3.8) is 0 Å². The van der Waals surface area contributed by atoms with Crippen molar-refractivity contribution in [3.05, 3.63) is 174 Å². The number of benzene rings is 5. The van der Waals surface area contributed by atoms with Crippen molar-refractivity contribution in [1.82, 2.24) is 9.97 Å². The molecular weight excluding hydrogens is 867 g/mol. The minimum atomic E-state index is -1.40.